The second kappa shape index (κ2) is 11.2. The number of piperidine rings is 1. The second-order valence-electron chi connectivity index (χ2n) is 12.2. The lowest BCUT2D eigenvalue weighted by Gasteiger charge is -2.32. The van der Waals surface area contributed by atoms with Crippen molar-refractivity contribution in [1.29, 1.82) is 0 Å². The number of fused-ring (bicyclic) bond motifs is 2. The number of nitrogens with zero attached hydrogens (tertiary/aromatic N) is 6. The molecule has 1 aliphatic heterocycles. The highest BCUT2D eigenvalue weighted by Gasteiger charge is 2.30. The number of carbonyl (C=O) groups excluding carboxylic acids is 2. The number of ether oxygens (including phenoxy) is 2. The molecule has 2 aromatic carbocycles. The lowest BCUT2D eigenvalue weighted by atomic mass is 9.88. The first-order chi connectivity index (χ1) is 21.3. The van der Waals surface area contributed by atoms with Gasteiger partial charge in [-0.25, -0.2) is 9.78 Å². The van der Waals surface area contributed by atoms with Gasteiger partial charge in [0.25, 0.3) is 0 Å². The van der Waals surface area contributed by atoms with E-state index < -0.39 is 5.97 Å². The lowest BCUT2D eigenvalue weighted by molar-refractivity contribution is -0.129. The van der Waals surface area contributed by atoms with Crippen molar-refractivity contribution in [2.75, 3.05) is 27.3 Å². The number of imidazole rings is 1. The van der Waals surface area contributed by atoms with Gasteiger partial charge in [0.05, 0.1) is 49.3 Å². The van der Waals surface area contributed by atoms with Gasteiger partial charge >= 0.3 is 5.97 Å². The van der Waals surface area contributed by atoms with Crippen LogP contribution in [0.25, 0.3) is 33.5 Å². The predicted molar refractivity (Wildman–Crippen MR) is 168 cm³/mol. The number of esters is 1. The van der Waals surface area contributed by atoms with E-state index in [4.69, 9.17) is 14.5 Å². The van der Waals surface area contributed by atoms with Gasteiger partial charge < -0.3 is 23.5 Å². The molecule has 4 heterocycles. The minimum Gasteiger partial charge on any atom is -0.494 e. The lowest BCUT2D eigenvalue weighted by Crippen LogP contribution is -2.36. The van der Waals surface area contributed by atoms with Gasteiger partial charge in [0, 0.05) is 50.8 Å². The molecule has 3 aromatic heterocycles. The molecule has 10 nitrogen and oxygen atoms in total. The maximum Gasteiger partial charge on any atom is 0.338 e. The zero-order chi connectivity index (χ0) is 30.5. The van der Waals surface area contributed by atoms with E-state index in [0.717, 1.165) is 55.1 Å². The molecular formula is C34H38N6O4. The molecule has 5 aromatic rings. The molecule has 1 aliphatic carbocycles. The van der Waals surface area contributed by atoms with Gasteiger partial charge in [-0.3, -0.25) is 9.48 Å². The minimum atomic E-state index is -0.433. The zero-order valence-corrected chi connectivity index (χ0v) is 25.7. The first-order valence-corrected chi connectivity index (χ1v) is 15.4. The van der Waals surface area contributed by atoms with Crippen LogP contribution in [0.1, 0.15) is 60.0 Å². The van der Waals surface area contributed by atoms with Crippen molar-refractivity contribution in [2.24, 2.45) is 13.0 Å². The number of hydrogen-bond donors (Lipinski definition) is 0. The molecule has 10 heteroatoms. The van der Waals surface area contributed by atoms with Crippen molar-refractivity contribution in [2.45, 2.75) is 51.6 Å². The van der Waals surface area contributed by atoms with Crippen molar-refractivity contribution in [1.82, 2.24) is 28.8 Å². The zero-order valence-electron chi connectivity index (χ0n) is 25.7. The Kier molecular flexibility index (Phi) is 7.14. The Bertz CT molecular complexity index is 1890. The summed E-state index contributed by atoms with van der Waals surface area (Å²) >= 11 is 0. The molecule has 0 radical (unpaired) electrons. The van der Waals surface area contributed by atoms with Gasteiger partial charge in [-0.2, -0.15) is 5.10 Å². The molecule has 2 aliphatic rings. The Morgan fingerprint density at radius 1 is 1.00 bits per heavy atom. The standard InChI is InChI=1S/C34H38N6O4/c1-21(41)38-12-10-24(11-13-38)27-7-5-6-25-15-29(39(31(25)27)19-22-8-9-22)33-36-28-14-26(34(42)44-4)16-30(43-3)32(28)40(33)20-23-17-35-37(2)18-23/h5-7,14-18,22,24H,8-13,19-20H2,1-4H3. The maximum atomic E-state index is 12.6. The molecule has 1 saturated heterocycles. The quantitative estimate of drug-likeness (QED) is 0.224. The molecule has 228 valence electrons. The Morgan fingerprint density at radius 3 is 2.45 bits per heavy atom. The fraction of sp³-hybridized carbons (Fsp3) is 0.412. The Hall–Kier alpha value is -4.60. The van der Waals surface area contributed by atoms with Crippen LogP contribution in [0.2, 0.25) is 0 Å². The van der Waals surface area contributed by atoms with Crippen LogP contribution in [0.5, 0.6) is 5.75 Å². The van der Waals surface area contributed by atoms with Gasteiger partial charge in [0.1, 0.15) is 11.3 Å². The minimum absolute atomic E-state index is 0.152. The van der Waals surface area contributed by atoms with Gasteiger partial charge in [-0.1, -0.05) is 18.2 Å². The molecular weight excluding hydrogens is 556 g/mol. The molecule has 1 saturated carbocycles. The van der Waals surface area contributed by atoms with E-state index in [0.29, 0.717) is 35.2 Å². The normalized spacial score (nSPS) is 15.8. The molecule has 2 fully saturated rings. The summed E-state index contributed by atoms with van der Waals surface area (Å²) in [6.45, 7) is 4.69. The van der Waals surface area contributed by atoms with E-state index in [-0.39, 0.29) is 5.91 Å². The average Bonchev–Trinajstić information content (AvgIpc) is 3.48. The van der Waals surface area contributed by atoms with Crippen molar-refractivity contribution < 1.29 is 19.1 Å². The molecule has 0 bridgehead atoms. The SMILES string of the molecule is COC(=O)c1cc(OC)c2c(c1)nc(-c1cc3cccc(C4CCN(C(C)=O)CC4)c3n1CC1CC1)n2Cc1cnn(C)c1. The van der Waals surface area contributed by atoms with Crippen LogP contribution < -0.4 is 4.74 Å². The first kappa shape index (κ1) is 28.2. The first-order valence-electron chi connectivity index (χ1n) is 15.4. The second-order valence-corrected chi connectivity index (χ2v) is 12.2. The van der Waals surface area contributed by atoms with E-state index in [2.05, 4.69) is 38.5 Å². The van der Waals surface area contributed by atoms with Crippen LogP contribution in [0.3, 0.4) is 0 Å². The van der Waals surface area contributed by atoms with Crippen LogP contribution in [0.15, 0.2) is 48.8 Å². The highest BCUT2D eigenvalue weighted by atomic mass is 16.5. The van der Waals surface area contributed by atoms with E-state index in [1.54, 1.807) is 30.8 Å². The summed E-state index contributed by atoms with van der Waals surface area (Å²) in [5, 5.41) is 5.60. The van der Waals surface area contributed by atoms with Crippen molar-refractivity contribution >= 4 is 33.8 Å². The van der Waals surface area contributed by atoms with E-state index in [1.807, 2.05) is 24.3 Å². The highest BCUT2D eigenvalue weighted by molar-refractivity contribution is 5.98. The number of carbonyl (C=O) groups is 2. The maximum absolute atomic E-state index is 12.6. The van der Waals surface area contributed by atoms with Crippen molar-refractivity contribution in [3.63, 3.8) is 0 Å². The number of likely N-dealkylation sites (tertiary alicyclic amines) is 1. The third-order valence-corrected chi connectivity index (χ3v) is 9.25. The van der Waals surface area contributed by atoms with Gasteiger partial charge in [0.15, 0.2) is 5.82 Å². The van der Waals surface area contributed by atoms with Crippen LogP contribution in [-0.2, 0) is 29.7 Å². The number of aryl methyl sites for hydroxylation is 1. The van der Waals surface area contributed by atoms with Crippen LogP contribution in [-0.4, -0.2) is 68.0 Å². The van der Waals surface area contributed by atoms with Crippen LogP contribution in [0.4, 0.5) is 0 Å². The molecule has 0 N–H and O–H groups in total. The van der Waals surface area contributed by atoms with Gasteiger partial charge in [-0.15, -0.1) is 0 Å². The van der Waals surface area contributed by atoms with Crippen LogP contribution in [0, 0.1) is 5.92 Å². The molecule has 0 spiro atoms. The monoisotopic (exact) mass is 594 g/mol. The summed E-state index contributed by atoms with van der Waals surface area (Å²) in [6, 6.07) is 12.4. The largest absolute Gasteiger partial charge is 0.494 e. The number of methoxy groups -OCH3 is 2. The number of amides is 1. The average molecular weight is 595 g/mol. The number of rotatable bonds is 8. The Morgan fingerprint density at radius 2 is 1.80 bits per heavy atom. The van der Waals surface area contributed by atoms with E-state index >= 15 is 0 Å². The topological polar surface area (TPSA) is 96.4 Å². The highest BCUT2D eigenvalue weighted by Crippen LogP contribution is 2.41. The van der Waals surface area contributed by atoms with E-state index in [1.165, 1.54) is 36.4 Å². The third-order valence-electron chi connectivity index (χ3n) is 9.25. The number of benzene rings is 2. The van der Waals surface area contributed by atoms with Crippen LogP contribution >= 0.6 is 0 Å². The molecule has 44 heavy (non-hydrogen) atoms. The molecule has 1 amide bonds. The number of aromatic nitrogens is 5. The Labute approximate surface area is 256 Å². The van der Waals surface area contributed by atoms with Gasteiger partial charge in [-0.05, 0) is 61.3 Å². The molecule has 0 atom stereocenters. The number of hydrogen-bond acceptors (Lipinski definition) is 6. The molecule has 7 rings (SSSR count). The summed E-state index contributed by atoms with van der Waals surface area (Å²) < 4.78 is 17.4. The summed E-state index contributed by atoms with van der Waals surface area (Å²) in [4.78, 5) is 31.8. The summed E-state index contributed by atoms with van der Waals surface area (Å²) in [6.07, 6.45) is 8.24. The summed E-state index contributed by atoms with van der Waals surface area (Å²) in [5.41, 5.74) is 6.57. The van der Waals surface area contributed by atoms with E-state index in [9.17, 15) is 9.59 Å². The van der Waals surface area contributed by atoms with Crippen molar-refractivity contribution in [3.05, 3.63) is 65.5 Å². The smallest absolute Gasteiger partial charge is 0.338 e. The summed E-state index contributed by atoms with van der Waals surface area (Å²) in [5.74, 6) is 2.11. The fourth-order valence-corrected chi connectivity index (χ4v) is 6.83. The fourth-order valence-electron chi connectivity index (χ4n) is 6.83. The predicted octanol–water partition coefficient (Wildman–Crippen LogP) is 5.37. The number of para-hydroxylation sites is 1. The van der Waals surface area contributed by atoms with Crippen molar-refractivity contribution in [3.8, 4) is 17.3 Å². The summed E-state index contributed by atoms with van der Waals surface area (Å²) in [7, 11) is 4.91. The Balaban J connectivity index is 1.44. The van der Waals surface area contributed by atoms with Gasteiger partial charge in [0.2, 0.25) is 5.91 Å². The molecule has 0 unspecified atom stereocenters. The third kappa shape index (κ3) is 5.02.